The third kappa shape index (κ3) is 3.53. The van der Waals surface area contributed by atoms with Gasteiger partial charge in [0.05, 0.1) is 11.1 Å². The quantitative estimate of drug-likeness (QED) is 0.766. The monoisotopic (exact) mass is 363 g/mol. The van der Waals surface area contributed by atoms with Gasteiger partial charge in [0.2, 0.25) is 5.91 Å². The van der Waals surface area contributed by atoms with Crippen LogP contribution in [0.1, 0.15) is 34.9 Å². The van der Waals surface area contributed by atoms with Gasteiger partial charge in [0, 0.05) is 43.0 Å². The van der Waals surface area contributed by atoms with Crippen LogP contribution in [-0.2, 0) is 11.3 Å². The number of likely N-dealkylation sites (tertiary alicyclic amines) is 1. The average Bonchev–Trinajstić information content (AvgIpc) is 3.14. The van der Waals surface area contributed by atoms with Gasteiger partial charge >= 0.3 is 0 Å². The van der Waals surface area contributed by atoms with Gasteiger partial charge in [-0.15, -0.1) is 0 Å². The molecule has 0 saturated carbocycles. The van der Waals surface area contributed by atoms with Crippen molar-refractivity contribution in [1.29, 1.82) is 0 Å². The van der Waals surface area contributed by atoms with Crippen LogP contribution in [0, 0.1) is 0 Å². The van der Waals surface area contributed by atoms with Crippen LogP contribution in [-0.4, -0.2) is 44.3 Å². The number of primary amides is 1. The molecule has 4 rings (SSSR count). The molecule has 0 bridgehead atoms. The first-order valence-corrected chi connectivity index (χ1v) is 9.05. The van der Waals surface area contributed by atoms with E-state index in [1.54, 1.807) is 23.2 Å². The molecule has 1 saturated heterocycles. The van der Waals surface area contributed by atoms with E-state index in [4.69, 9.17) is 5.73 Å². The molecular weight excluding hydrogens is 342 g/mol. The number of nitrogens with zero attached hydrogens (tertiary/aromatic N) is 4. The van der Waals surface area contributed by atoms with Gasteiger partial charge in [0.1, 0.15) is 12.4 Å². The van der Waals surface area contributed by atoms with E-state index in [0.717, 1.165) is 29.6 Å². The van der Waals surface area contributed by atoms with Crippen LogP contribution in [0.4, 0.5) is 0 Å². The summed E-state index contributed by atoms with van der Waals surface area (Å²) < 4.78 is 1.78. The highest BCUT2D eigenvalue weighted by molar-refractivity contribution is 5.97. The number of amides is 2. The summed E-state index contributed by atoms with van der Waals surface area (Å²) in [5.74, 6) is 0.472. The molecule has 7 heteroatoms. The van der Waals surface area contributed by atoms with Crippen LogP contribution in [0.2, 0.25) is 0 Å². The van der Waals surface area contributed by atoms with Crippen molar-refractivity contribution >= 4 is 22.7 Å². The summed E-state index contributed by atoms with van der Waals surface area (Å²) in [6, 6.07) is 9.65. The number of nitrogens with two attached hydrogens (primary N) is 1. The van der Waals surface area contributed by atoms with Gasteiger partial charge in [-0.3, -0.25) is 14.6 Å². The molecule has 7 nitrogen and oxygen atoms in total. The second kappa shape index (κ2) is 7.19. The number of pyridine rings is 1. The molecule has 1 atom stereocenters. The number of fused-ring (bicyclic) bond motifs is 1. The molecule has 0 aliphatic carbocycles. The van der Waals surface area contributed by atoms with Crippen LogP contribution >= 0.6 is 0 Å². The SMILES string of the molecule is NC(=O)Cn1ccnc1[C@@H]1CCCN(C(=O)c2cnc3ccccc3c2)C1. The highest BCUT2D eigenvalue weighted by Crippen LogP contribution is 2.27. The number of carbonyl (C=O) groups is 2. The normalized spacial score (nSPS) is 17.2. The number of benzene rings is 1. The largest absolute Gasteiger partial charge is 0.368 e. The molecule has 0 spiro atoms. The van der Waals surface area contributed by atoms with E-state index in [2.05, 4.69) is 9.97 Å². The molecule has 1 aromatic carbocycles. The summed E-state index contributed by atoms with van der Waals surface area (Å²) >= 11 is 0. The fourth-order valence-electron chi connectivity index (χ4n) is 3.73. The molecule has 138 valence electrons. The number of aromatic nitrogens is 3. The Morgan fingerprint density at radius 2 is 2.07 bits per heavy atom. The molecule has 0 unspecified atom stereocenters. The van der Waals surface area contributed by atoms with Crippen LogP contribution in [0.5, 0.6) is 0 Å². The molecule has 2 aromatic heterocycles. The van der Waals surface area contributed by atoms with E-state index in [0.29, 0.717) is 18.7 Å². The minimum absolute atomic E-state index is 0.0223. The first-order chi connectivity index (χ1) is 13.1. The van der Waals surface area contributed by atoms with Crippen molar-refractivity contribution in [3.05, 3.63) is 60.3 Å². The summed E-state index contributed by atoms with van der Waals surface area (Å²) in [5, 5.41) is 0.953. The third-order valence-corrected chi connectivity index (χ3v) is 4.99. The lowest BCUT2D eigenvalue weighted by molar-refractivity contribution is -0.118. The van der Waals surface area contributed by atoms with Gasteiger partial charge < -0.3 is 15.2 Å². The Morgan fingerprint density at radius 1 is 1.22 bits per heavy atom. The molecular formula is C20H21N5O2. The van der Waals surface area contributed by atoms with Crippen molar-refractivity contribution in [3.8, 4) is 0 Å². The van der Waals surface area contributed by atoms with Gasteiger partial charge in [-0.05, 0) is 25.0 Å². The van der Waals surface area contributed by atoms with Crippen LogP contribution in [0.15, 0.2) is 48.9 Å². The van der Waals surface area contributed by atoms with E-state index in [1.807, 2.05) is 35.2 Å². The molecule has 2 amide bonds. The molecule has 1 aliphatic heterocycles. The second-order valence-corrected chi connectivity index (χ2v) is 6.89. The zero-order valence-corrected chi connectivity index (χ0v) is 14.9. The Bertz CT molecular complexity index is 997. The predicted octanol–water partition coefficient (Wildman–Crippen LogP) is 1.94. The Morgan fingerprint density at radius 3 is 2.93 bits per heavy atom. The first-order valence-electron chi connectivity index (χ1n) is 9.05. The fourth-order valence-corrected chi connectivity index (χ4v) is 3.73. The van der Waals surface area contributed by atoms with Gasteiger partial charge in [0.25, 0.3) is 5.91 Å². The Hall–Kier alpha value is -3.22. The van der Waals surface area contributed by atoms with Crippen molar-refractivity contribution in [2.75, 3.05) is 13.1 Å². The number of hydrogen-bond donors (Lipinski definition) is 1. The minimum atomic E-state index is -0.403. The fraction of sp³-hybridized carbons (Fsp3) is 0.300. The number of para-hydroxylation sites is 1. The topological polar surface area (TPSA) is 94.1 Å². The van der Waals surface area contributed by atoms with E-state index in [1.165, 1.54) is 0 Å². The number of carbonyl (C=O) groups excluding carboxylic acids is 2. The Kier molecular flexibility index (Phi) is 4.58. The molecule has 3 aromatic rings. The van der Waals surface area contributed by atoms with Crippen molar-refractivity contribution in [2.45, 2.75) is 25.3 Å². The molecule has 27 heavy (non-hydrogen) atoms. The third-order valence-electron chi connectivity index (χ3n) is 4.99. The number of piperidine rings is 1. The standard InChI is InChI=1S/C20H21N5O2/c21-18(26)13-24-9-7-22-19(24)15-5-3-8-25(12-15)20(27)16-10-14-4-1-2-6-17(14)23-11-16/h1-2,4,6-7,9-11,15H,3,5,8,12-13H2,(H2,21,26)/t15-/m1/s1. The lowest BCUT2D eigenvalue weighted by atomic mass is 9.96. The van der Waals surface area contributed by atoms with E-state index >= 15 is 0 Å². The highest BCUT2D eigenvalue weighted by atomic mass is 16.2. The maximum Gasteiger partial charge on any atom is 0.255 e. The second-order valence-electron chi connectivity index (χ2n) is 6.89. The van der Waals surface area contributed by atoms with Gasteiger partial charge in [-0.25, -0.2) is 4.98 Å². The maximum atomic E-state index is 13.0. The number of rotatable bonds is 4. The van der Waals surface area contributed by atoms with Crippen molar-refractivity contribution in [3.63, 3.8) is 0 Å². The summed E-state index contributed by atoms with van der Waals surface area (Å²) in [5.41, 5.74) is 6.79. The van der Waals surface area contributed by atoms with E-state index in [-0.39, 0.29) is 18.4 Å². The average molecular weight is 363 g/mol. The molecule has 1 aliphatic rings. The molecule has 0 radical (unpaired) electrons. The van der Waals surface area contributed by atoms with Crippen LogP contribution in [0.25, 0.3) is 10.9 Å². The van der Waals surface area contributed by atoms with Gasteiger partial charge in [0.15, 0.2) is 0 Å². The summed E-state index contributed by atoms with van der Waals surface area (Å²) in [6.45, 7) is 1.38. The van der Waals surface area contributed by atoms with Crippen LogP contribution < -0.4 is 5.73 Å². The summed E-state index contributed by atoms with van der Waals surface area (Å²) in [7, 11) is 0. The smallest absolute Gasteiger partial charge is 0.255 e. The maximum absolute atomic E-state index is 13.0. The van der Waals surface area contributed by atoms with Gasteiger partial charge in [-0.1, -0.05) is 18.2 Å². The molecule has 2 N–H and O–H groups in total. The van der Waals surface area contributed by atoms with E-state index in [9.17, 15) is 9.59 Å². The van der Waals surface area contributed by atoms with E-state index < -0.39 is 5.91 Å². The highest BCUT2D eigenvalue weighted by Gasteiger charge is 2.28. The van der Waals surface area contributed by atoms with Crippen molar-refractivity contribution < 1.29 is 9.59 Å². The zero-order chi connectivity index (χ0) is 18.8. The summed E-state index contributed by atoms with van der Waals surface area (Å²) in [6.07, 6.45) is 6.89. The number of imidazole rings is 1. The zero-order valence-electron chi connectivity index (χ0n) is 14.9. The molecule has 1 fully saturated rings. The van der Waals surface area contributed by atoms with Crippen LogP contribution in [0.3, 0.4) is 0 Å². The predicted molar refractivity (Wildman–Crippen MR) is 101 cm³/mol. The Labute approximate surface area is 156 Å². The minimum Gasteiger partial charge on any atom is -0.368 e. The number of hydrogen-bond acceptors (Lipinski definition) is 4. The van der Waals surface area contributed by atoms with Crippen molar-refractivity contribution in [2.24, 2.45) is 5.73 Å². The molecule has 3 heterocycles. The summed E-state index contributed by atoms with van der Waals surface area (Å²) in [4.78, 5) is 34.9. The Balaban J connectivity index is 1.54. The first kappa shape index (κ1) is 17.2. The lowest BCUT2D eigenvalue weighted by Crippen LogP contribution is -2.40. The lowest BCUT2D eigenvalue weighted by Gasteiger charge is -2.32. The van der Waals surface area contributed by atoms with Crippen molar-refractivity contribution in [1.82, 2.24) is 19.4 Å². The van der Waals surface area contributed by atoms with Gasteiger partial charge in [-0.2, -0.15) is 0 Å².